The van der Waals surface area contributed by atoms with Gasteiger partial charge >= 0.3 is 0 Å². The van der Waals surface area contributed by atoms with Gasteiger partial charge in [0.2, 0.25) is 5.91 Å². The lowest BCUT2D eigenvalue weighted by Crippen LogP contribution is -2.33. The fourth-order valence-corrected chi connectivity index (χ4v) is 3.87. The van der Waals surface area contributed by atoms with Crippen LogP contribution in [0.15, 0.2) is 95.4 Å². The molecule has 0 atom stereocenters. The van der Waals surface area contributed by atoms with Gasteiger partial charge in [0.1, 0.15) is 17.3 Å². The van der Waals surface area contributed by atoms with Crippen LogP contribution in [-0.4, -0.2) is 21.0 Å². The third kappa shape index (κ3) is 5.20. The lowest BCUT2D eigenvalue weighted by Gasteiger charge is -2.12. The van der Waals surface area contributed by atoms with Gasteiger partial charge in [-0.25, -0.2) is 4.98 Å². The zero-order chi connectivity index (χ0) is 24.2. The molecule has 0 saturated heterocycles. The summed E-state index contributed by atoms with van der Waals surface area (Å²) < 4.78 is 5.79. The van der Waals surface area contributed by atoms with Gasteiger partial charge in [-0.1, -0.05) is 54.6 Å². The summed E-state index contributed by atoms with van der Waals surface area (Å²) in [7, 11) is 0. The van der Waals surface area contributed by atoms with Crippen molar-refractivity contribution in [3.05, 3.63) is 102 Å². The Labute approximate surface area is 207 Å². The van der Waals surface area contributed by atoms with E-state index in [1.54, 1.807) is 6.08 Å². The number of furan rings is 1. The number of imidazole rings is 1. The molecule has 7 heteroatoms. The fourth-order valence-electron chi connectivity index (χ4n) is 3.66. The number of hydrogen-bond donors (Lipinski definition) is 3. The number of thiocarbonyl (C=S) groups is 1. The summed E-state index contributed by atoms with van der Waals surface area (Å²) >= 11 is 5.36. The highest BCUT2D eigenvalue weighted by molar-refractivity contribution is 7.80. The van der Waals surface area contributed by atoms with Crippen molar-refractivity contribution in [2.75, 3.05) is 5.32 Å². The van der Waals surface area contributed by atoms with Crippen molar-refractivity contribution < 1.29 is 9.21 Å². The molecule has 3 N–H and O–H groups in total. The predicted octanol–water partition coefficient (Wildman–Crippen LogP) is 6.32. The first kappa shape index (κ1) is 22.3. The van der Waals surface area contributed by atoms with E-state index in [0.717, 1.165) is 45.0 Å². The van der Waals surface area contributed by atoms with Crippen LogP contribution in [0.4, 0.5) is 5.69 Å². The minimum Gasteiger partial charge on any atom is -0.457 e. The number of aryl methyl sites for hydroxylation is 1. The highest BCUT2D eigenvalue weighted by Crippen LogP contribution is 2.26. The van der Waals surface area contributed by atoms with E-state index in [0.29, 0.717) is 5.76 Å². The van der Waals surface area contributed by atoms with Crippen molar-refractivity contribution in [3.63, 3.8) is 0 Å². The normalized spacial score (nSPS) is 11.1. The number of anilines is 1. The zero-order valence-corrected chi connectivity index (χ0v) is 19.7. The van der Waals surface area contributed by atoms with E-state index in [2.05, 4.69) is 20.6 Å². The summed E-state index contributed by atoms with van der Waals surface area (Å²) in [5.41, 5.74) is 5.54. The maximum atomic E-state index is 12.4. The van der Waals surface area contributed by atoms with Crippen LogP contribution in [0.1, 0.15) is 11.3 Å². The van der Waals surface area contributed by atoms with E-state index in [-0.39, 0.29) is 11.0 Å². The molecule has 35 heavy (non-hydrogen) atoms. The van der Waals surface area contributed by atoms with Crippen LogP contribution in [0.3, 0.4) is 0 Å². The highest BCUT2D eigenvalue weighted by atomic mass is 32.1. The van der Waals surface area contributed by atoms with Gasteiger partial charge in [-0.15, -0.1) is 0 Å². The van der Waals surface area contributed by atoms with Crippen molar-refractivity contribution in [1.82, 2.24) is 15.3 Å². The second kappa shape index (κ2) is 9.79. The molecule has 0 spiro atoms. The summed E-state index contributed by atoms with van der Waals surface area (Å²) in [5, 5.41) is 5.99. The largest absolute Gasteiger partial charge is 0.457 e. The van der Waals surface area contributed by atoms with Crippen molar-refractivity contribution >= 4 is 46.0 Å². The smallest absolute Gasteiger partial charge is 0.250 e. The van der Waals surface area contributed by atoms with Crippen LogP contribution in [0.25, 0.3) is 39.8 Å². The van der Waals surface area contributed by atoms with Crippen LogP contribution >= 0.6 is 12.2 Å². The van der Waals surface area contributed by atoms with E-state index in [9.17, 15) is 4.79 Å². The number of carbonyl (C=O) groups is 1. The second-order valence-electron chi connectivity index (χ2n) is 7.98. The molecule has 5 aromatic rings. The number of para-hydroxylation sites is 2. The molecular weight excluding hydrogens is 456 g/mol. The number of amides is 1. The van der Waals surface area contributed by atoms with Gasteiger partial charge in [-0.2, -0.15) is 0 Å². The molecule has 0 radical (unpaired) electrons. The van der Waals surface area contributed by atoms with Gasteiger partial charge in [0, 0.05) is 22.9 Å². The van der Waals surface area contributed by atoms with Crippen LogP contribution in [0.5, 0.6) is 0 Å². The third-order valence-electron chi connectivity index (χ3n) is 5.47. The van der Waals surface area contributed by atoms with E-state index < -0.39 is 0 Å². The predicted molar refractivity (Wildman–Crippen MR) is 144 cm³/mol. The number of hydrogen-bond acceptors (Lipinski definition) is 4. The molecule has 0 aliphatic rings. The van der Waals surface area contributed by atoms with Crippen LogP contribution in [0, 0.1) is 6.92 Å². The van der Waals surface area contributed by atoms with Crippen LogP contribution in [-0.2, 0) is 4.79 Å². The molecule has 172 valence electrons. The molecule has 6 nitrogen and oxygen atoms in total. The van der Waals surface area contributed by atoms with Crippen LogP contribution < -0.4 is 10.6 Å². The quantitative estimate of drug-likeness (QED) is 0.203. The minimum atomic E-state index is -0.355. The van der Waals surface area contributed by atoms with Crippen LogP contribution in [0.2, 0.25) is 0 Å². The first-order valence-electron chi connectivity index (χ1n) is 11.1. The Bertz CT molecular complexity index is 1520. The molecule has 1 amide bonds. The Hall–Kier alpha value is -4.49. The number of rotatable bonds is 5. The number of nitrogens with zero attached hydrogens (tertiary/aromatic N) is 1. The minimum absolute atomic E-state index is 0.203. The molecule has 3 aromatic carbocycles. The summed E-state index contributed by atoms with van der Waals surface area (Å²) in [4.78, 5) is 20.4. The number of fused-ring (bicyclic) bond motifs is 1. The van der Waals surface area contributed by atoms with Gasteiger partial charge in [0.25, 0.3) is 0 Å². The maximum Gasteiger partial charge on any atom is 0.250 e. The van der Waals surface area contributed by atoms with E-state index in [4.69, 9.17) is 16.6 Å². The van der Waals surface area contributed by atoms with Crippen molar-refractivity contribution in [1.29, 1.82) is 0 Å². The molecule has 0 unspecified atom stereocenters. The van der Waals surface area contributed by atoms with Crippen molar-refractivity contribution in [2.45, 2.75) is 6.92 Å². The lowest BCUT2D eigenvalue weighted by molar-refractivity contribution is -0.115. The van der Waals surface area contributed by atoms with Gasteiger partial charge < -0.3 is 14.7 Å². The number of H-pyrrole nitrogens is 1. The summed E-state index contributed by atoms with van der Waals surface area (Å²) in [6.45, 7) is 1.97. The summed E-state index contributed by atoms with van der Waals surface area (Å²) in [6.07, 6.45) is 3.00. The fraction of sp³-hybridized carbons (Fsp3) is 0.0357. The Morgan fingerprint density at radius 2 is 1.77 bits per heavy atom. The van der Waals surface area contributed by atoms with Crippen molar-refractivity contribution in [3.8, 4) is 22.7 Å². The Balaban J connectivity index is 1.23. The van der Waals surface area contributed by atoms with Gasteiger partial charge in [0.05, 0.1) is 11.0 Å². The average Bonchev–Trinajstić information content (AvgIpc) is 3.52. The molecular formula is C28H22N4O2S. The van der Waals surface area contributed by atoms with Gasteiger partial charge in [-0.3, -0.25) is 10.1 Å². The third-order valence-corrected chi connectivity index (χ3v) is 5.67. The standard InChI is InChI=1S/C28H22N4O2S/c1-18-11-12-20(27-29-22-9-5-6-10-23(22)30-27)17-24(18)31-28(35)32-26(33)16-14-21-13-15-25(34-21)19-7-3-2-4-8-19/h2-17H,1H3,(H,29,30)(H2,31,32,33,35)/b16-14+. The first-order valence-corrected chi connectivity index (χ1v) is 11.5. The molecule has 2 heterocycles. The van der Waals surface area contributed by atoms with E-state index in [1.165, 1.54) is 6.08 Å². The molecule has 0 bridgehead atoms. The molecule has 2 aromatic heterocycles. The maximum absolute atomic E-state index is 12.4. The molecule has 0 fully saturated rings. The lowest BCUT2D eigenvalue weighted by atomic mass is 10.1. The molecule has 0 aliphatic carbocycles. The molecule has 0 saturated carbocycles. The SMILES string of the molecule is Cc1ccc(-c2nc3ccccc3[nH]2)cc1NC(=S)NC(=O)/C=C/c1ccc(-c2ccccc2)o1. The molecule has 0 aliphatic heterocycles. The summed E-state index contributed by atoms with van der Waals surface area (Å²) in [5.74, 6) is 1.72. The zero-order valence-electron chi connectivity index (χ0n) is 18.9. The van der Waals surface area contributed by atoms with E-state index >= 15 is 0 Å². The first-order chi connectivity index (χ1) is 17.0. The number of carbonyl (C=O) groups excluding carboxylic acids is 1. The van der Waals surface area contributed by atoms with Gasteiger partial charge in [-0.05, 0) is 61.1 Å². The highest BCUT2D eigenvalue weighted by Gasteiger charge is 2.10. The second-order valence-corrected chi connectivity index (χ2v) is 8.39. The Morgan fingerprint density at radius 1 is 0.971 bits per heavy atom. The number of nitrogens with one attached hydrogen (secondary N) is 3. The topological polar surface area (TPSA) is 83.0 Å². The Kier molecular flexibility index (Phi) is 6.24. The van der Waals surface area contributed by atoms with Gasteiger partial charge in [0.15, 0.2) is 5.11 Å². The van der Waals surface area contributed by atoms with Crippen molar-refractivity contribution in [2.24, 2.45) is 0 Å². The number of benzene rings is 3. The molecule has 5 rings (SSSR count). The van der Waals surface area contributed by atoms with E-state index in [1.807, 2.05) is 91.9 Å². The summed E-state index contributed by atoms with van der Waals surface area (Å²) in [6, 6.07) is 27.3. The Morgan fingerprint density at radius 3 is 2.60 bits per heavy atom. The average molecular weight is 479 g/mol. The number of aromatic amines is 1. The monoisotopic (exact) mass is 478 g/mol. The number of aromatic nitrogens is 2.